The Kier molecular flexibility index (Phi) is 5.81. The molecule has 0 saturated heterocycles. The third-order valence-electron chi connectivity index (χ3n) is 2.99. The lowest BCUT2D eigenvalue weighted by molar-refractivity contribution is 0.398. The van der Waals surface area contributed by atoms with E-state index in [1.807, 2.05) is 31.2 Å². The van der Waals surface area contributed by atoms with Crippen molar-refractivity contribution in [3.05, 3.63) is 46.8 Å². The Hall–Kier alpha value is -2.46. The highest BCUT2D eigenvalue weighted by molar-refractivity contribution is 5.35. The van der Waals surface area contributed by atoms with Gasteiger partial charge in [-0.1, -0.05) is 45.0 Å². The molecule has 0 fully saturated rings. The topological polar surface area (TPSA) is 71.6 Å². The molecule has 1 aromatic carbocycles. The number of nitrogens with zero attached hydrogens (tertiary/aromatic N) is 2. The highest BCUT2D eigenvalue weighted by Crippen LogP contribution is 2.12. The number of nitriles is 2. The molecule has 0 aliphatic rings. The molecule has 0 radical (unpaired) electrons. The standard InChI is InChI=1S/C17H22N4/c1-13-7-5-6-8-14(13)11-20-15(9-18)16(10-19)21-12-17(2,3)4/h5-8,20-21H,11-12H2,1-4H3/b16-15+. The molecule has 0 unspecified atom stereocenters. The van der Waals surface area contributed by atoms with Gasteiger partial charge in [-0.05, 0) is 23.5 Å². The summed E-state index contributed by atoms with van der Waals surface area (Å²) in [5.74, 6) is 0. The summed E-state index contributed by atoms with van der Waals surface area (Å²) in [6.45, 7) is 9.40. The van der Waals surface area contributed by atoms with E-state index in [0.29, 0.717) is 18.8 Å². The zero-order valence-electron chi connectivity index (χ0n) is 13.1. The monoisotopic (exact) mass is 282 g/mol. The lowest BCUT2D eigenvalue weighted by Gasteiger charge is -2.19. The summed E-state index contributed by atoms with van der Waals surface area (Å²) in [6, 6.07) is 12.1. The predicted molar refractivity (Wildman–Crippen MR) is 83.7 cm³/mol. The molecule has 0 bridgehead atoms. The van der Waals surface area contributed by atoms with Crippen molar-refractivity contribution in [2.45, 2.75) is 34.2 Å². The van der Waals surface area contributed by atoms with Gasteiger partial charge in [0.05, 0.1) is 0 Å². The summed E-state index contributed by atoms with van der Waals surface area (Å²) in [7, 11) is 0. The van der Waals surface area contributed by atoms with Crippen LogP contribution < -0.4 is 10.6 Å². The highest BCUT2D eigenvalue weighted by atomic mass is 15.0. The molecule has 1 rings (SSSR count). The van der Waals surface area contributed by atoms with Gasteiger partial charge in [-0.15, -0.1) is 0 Å². The van der Waals surface area contributed by atoms with Gasteiger partial charge in [0.15, 0.2) is 0 Å². The van der Waals surface area contributed by atoms with Gasteiger partial charge in [-0.2, -0.15) is 10.5 Å². The van der Waals surface area contributed by atoms with E-state index in [-0.39, 0.29) is 11.1 Å². The molecule has 1 aromatic rings. The van der Waals surface area contributed by atoms with Crippen LogP contribution in [0.1, 0.15) is 31.9 Å². The molecule has 0 saturated carbocycles. The number of benzene rings is 1. The summed E-state index contributed by atoms with van der Waals surface area (Å²) < 4.78 is 0. The normalized spacial score (nSPS) is 11.9. The maximum Gasteiger partial charge on any atom is 0.148 e. The summed E-state index contributed by atoms with van der Waals surface area (Å²) in [4.78, 5) is 0. The van der Waals surface area contributed by atoms with Gasteiger partial charge < -0.3 is 10.6 Å². The average molecular weight is 282 g/mol. The van der Waals surface area contributed by atoms with Crippen molar-refractivity contribution in [3.8, 4) is 12.1 Å². The van der Waals surface area contributed by atoms with Crippen molar-refractivity contribution in [1.82, 2.24) is 10.6 Å². The molecule has 0 aliphatic heterocycles. The van der Waals surface area contributed by atoms with Crippen LogP contribution in [0.15, 0.2) is 35.7 Å². The minimum absolute atomic E-state index is 0.0404. The van der Waals surface area contributed by atoms with Gasteiger partial charge in [0.25, 0.3) is 0 Å². The number of aryl methyl sites for hydroxylation is 1. The Bertz CT molecular complexity index is 594. The minimum atomic E-state index is 0.0404. The second-order valence-corrected chi connectivity index (χ2v) is 6.17. The fraction of sp³-hybridized carbons (Fsp3) is 0.412. The lowest BCUT2D eigenvalue weighted by atomic mass is 9.97. The quantitative estimate of drug-likeness (QED) is 0.814. The Balaban J connectivity index is 2.81. The zero-order valence-corrected chi connectivity index (χ0v) is 13.1. The van der Waals surface area contributed by atoms with E-state index in [9.17, 15) is 10.5 Å². The van der Waals surface area contributed by atoms with Crippen LogP contribution in [0.5, 0.6) is 0 Å². The van der Waals surface area contributed by atoms with E-state index in [1.54, 1.807) is 0 Å². The molecule has 0 aliphatic carbocycles. The summed E-state index contributed by atoms with van der Waals surface area (Å²) in [5, 5.41) is 24.5. The molecule has 4 nitrogen and oxygen atoms in total. The Morgan fingerprint density at radius 2 is 1.62 bits per heavy atom. The summed E-state index contributed by atoms with van der Waals surface area (Å²) >= 11 is 0. The van der Waals surface area contributed by atoms with Gasteiger partial charge in [0.2, 0.25) is 0 Å². The SMILES string of the molecule is Cc1ccccc1CN/C(C#N)=C(\C#N)NCC(C)(C)C. The van der Waals surface area contributed by atoms with Gasteiger partial charge in [-0.25, -0.2) is 0 Å². The molecule has 110 valence electrons. The van der Waals surface area contributed by atoms with E-state index >= 15 is 0 Å². The minimum Gasteiger partial charge on any atom is -0.374 e. The van der Waals surface area contributed by atoms with Gasteiger partial charge >= 0.3 is 0 Å². The summed E-state index contributed by atoms with van der Waals surface area (Å²) in [5.41, 5.74) is 2.88. The van der Waals surface area contributed by atoms with E-state index in [4.69, 9.17) is 0 Å². The largest absolute Gasteiger partial charge is 0.374 e. The first-order chi connectivity index (χ1) is 9.87. The number of nitrogens with one attached hydrogen (secondary N) is 2. The van der Waals surface area contributed by atoms with E-state index in [1.165, 1.54) is 0 Å². The predicted octanol–water partition coefficient (Wildman–Crippen LogP) is 2.98. The zero-order chi connectivity index (χ0) is 15.9. The number of allylic oxidation sites excluding steroid dienone is 2. The molecule has 0 spiro atoms. The van der Waals surface area contributed by atoms with Crippen molar-refractivity contribution in [2.75, 3.05) is 6.54 Å². The van der Waals surface area contributed by atoms with Crippen LogP contribution >= 0.6 is 0 Å². The number of rotatable bonds is 5. The molecule has 0 heterocycles. The average Bonchev–Trinajstić information content (AvgIpc) is 2.43. The van der Waals surface area contributed by atoms with Crippen LogP contribution in [0.2, 0.25) is 0 Å². The van der Waals surface area contributed by atoms with Crippen LogP contribution in [0.25, 0.3) is 0 Å². The van der Waals surface area contributed by atoms with Crippen LogP contribution in [0, 0.1) is 35.0 Å². The van der Waals surface area contributed by atoms with Gasteiger partial charge in [0, 0.05) is 13.1 Å². The Labute approximate surface area is 127 Å². The first-order valence-corrected chi connectivity index (χ1v) is 6.94. The molecule has 2 N–H and O–H groups in total. The Morgan fingerprint density at radius 1 is 1.05 bits per heavy atom. The van der Waals surface area contributed by atoms with Crippen molar-refractivity contribution < 1.29 is 0 Å². The van der Waals surface area contributed by atoms with E-state index in [2.05, 4.69) is 43.5 Å². The second-order valence-electron chi connectivity index (χ2n) is 6.17. The van der Waals surface area contributed by atoms with E-state index in [0.717, 1.165) is 11.1 Å². The first-order valence-electron chi connectivity index (χ1n) is 6.94. The van der Waals surface area contributed by atoms with Crippen LogP contribution in [-0.2, 0) is 6.54 Å². The van der Waals surface area contributed by atoms with Crippen LogP contribution in [-0.4, -0.2) is 6.54 Å². The van der Waals surface area contributed by atoms with Crippen molar-refractivity contribution >= 4 is 0 Å². The third-order valence-corrected chi connectivity index (χ3v) is 2.99. The Morgan fingerprint density at radius 3 is 2.14 bits per heavy atom. The van der Waals surface area contributed by atoms with Gasteiger partial charge in [-0.3, -0.25) is 0 Å². The van der Waals surface area contributed by atoms with Crippen molar-refractivity contribution in [1.29, 1.82) is 10.5 Å². The molecular weight excluding hydrogens is 260 g/mol. The highest BCUT2D eigenvalue weighted by Gasteiger charge is 2.13. The molecule has 0 atom stereocenters. The molecule has 4 heteroatoms. The molecule has 0 aromatic heterocycles. The number of hydrogen-bond donors (Lipinski definition) is 2. The number of hydrogen-bond acceptors (Lipinski definition) is 4. The van der Waals surface area contributed by atoms with Gasteiger partial charge in [0.1, 0.15) is 23.5 Å². The fourth-order valence-electron chi connectivity index (χ4n) is 1.71. The first kappa shape index (κ1) is 16.6. The molecular formula is C17H22N4. The smallest absolute Gasteiger partial charge is 0.148 e. The maximum absolute atomic E-state index is 9.24. The lowest BCUT2D eigenvalue weighted by Crippen LogP contribution is -2.28. The second kappa shape index (κ2) is 7.36. The maximum atomic E-state index is 9.24. The summed E-state index contributed by atoms with van der Waals surface area (Å²) in [6.07, 6.45) is 0. The van der Waals surface area contributed by atoms with E-state index < -0.39 is 0 Å². The van der Waals surface area contributed by atoms with Crippen molar-refractivity contribution in [2.24, 2.45) is 5.41 Å². The molecule has 0 amide bonds. The van der Waals surface area contributed by atoms with Crippen LogP contribution in [0.3, 0.4) is 0 Å². The molecule has 21 heavy (non-hydrogen) atoms. The fourth-order valence-corrected chi connectivity index (χ4v) is 1.71. The van der Waals surface area contributed by atoms with Crippen LogP contribution in [0.4, 0.5) is 0 Å². The van der Waals surface area contributed by atoms with Crippen molar-refractivity contribution in [3.63, 3.8) is 0 Å². The third kappa shape index (κ3) is 5.58.